The van der Waals surface area contributed by atoms with Crippen LogP contribution >= 0.6 is 11.6 Å². The van der Waals surface area contributed by atoms with E-state index in [1.54, 1.807) is 11.9 Å². The largest absolute Gasteiger partial charge is 0.327 e. The van der Waals surface area contributed by atoms with Gasteiger partial charge in [-0.1, -0.05) is 30.3 Å². The molecule has 2 atom stereocenters. The molecule has 6 nitrogen and oxygen atoms in total. The van der Waals surface area contributed by atoms with Gasteiger partial charge in [-0.2, -0.15) is 0 Å². The fourth-order valence-corrected chi connectivity index (χ4v) is 2.70. The fourth-order valence-electron chi connectivity index (χ4n) is 2.44. The quantitative estimate of drug-likeness (QED) is 0.826. The summed E-state index contributed by atoms with van der Waals surface area (Å²) in [5.41, 5.74) is 1.02. The molecule has 0 radical (unpaired) electrons. The predicted molar refractivity (Wildman–Crippen MR) is 74.2 cm³/mol. The van der Waals surface area contributed by atoms with Crippen LogP contribution in [0, 0.1) is 0 Å². The Kier molecular flexibility index (Phi) is 3.10. The summed E-state index contributed by atoms with van der Waals surface area (Å²) in [6, 6.07) is 8.64. The lowest BCUT2D eigenvalue weighted by atomic mass is 10.1. The first-order chi connectivity index (χ1) is 9.58. The highest BCUT2D eigenvalue weighted by atomic mass is 35.5. The Morgan fingerprint density at radius 3 is 2.70 bits per heavy atom. The van der Waals surface area contributed by atoms with Gasteiger partial charge in [-0.15, -0.1) is 0 Å². The van der Waals surface area contributed by atoms with Crippen LogP contribution in [0.25, 0.3) is 0 Å². The van der Waals surface area contributed by atoms with Crippen molar-refractivity contribution < 1.29 is 9.59 Å². The van der Waals surface area contributed by atoms with Gasteiger partial charge in [0.15, 0.2) is 17.5 Å². The molecule has 2 heterocycles. The molecule has 0 aromatic heterocycles. The van der Waals surface area contributed by atoms with Crippen LogP contribution in [0.1, 0.15) is 5.56 Å². The van der Waals surface area contributed by atoms with Crippen molar-refractivity contribution in [3.05, 3.63) is 35.9 Å². The van der Waals surface area contributed by atoms with Crippen molar-refractivity contribution in [2.24, 2.45) is 4.99 Å². The number of halogens is 1. The maximum atomic E-state index is 12.0. The highest BCUT2D eigenvalue weighted by Crippen LogP contribution is 2.26. The Hall–Kier alpha value is -2.08. The Morgan fingerprint density at radius 2 is 2.00 bits per heavy atom. The van der Waals surface area contributed by atoms with Crippen LogP contribution in [0.15, 0.2) is 35.3 Å². The zero-order valence-electron chi connectivity index (χ0n) is 10.8. The smallest absolute Gasteiger partial charge is 0.325 e. The lowest BCUT2D eigenvalue weighted by Gasteiger charge is -2.35. The number of hydrogen-bond acceptors (Lipinski definition) is 4. The van der Waals surface area contributed by atoms with E-state index >= 15 is 0 Å². The summed E-state index contributed by atoms with van der Waals surface area (Å²) in [7, 11) is 1.60. The minimum absolute atomic E-state index is 0.251. The van der Waals surface area contributed by atoms with Gasteiger partial charge in [-0.3, -0.25) is 10.1 Å². The van der Waals surface area contributed by atoms with Gasteiger partial charge in [0.1, 0.15) is 0 Å². The van der Waals surface area contributed by atoms with Crippen LogP contribution < -0.4 is 5.32 Å². The summed E-state index contributed by atoms with van der Waals surface area (Å²) in [6.45, 7) is 0.472. The number of nitrogens with one attached hydrogen (secondary N) is 1. The van der Waals surface area contributed by atoms with E-state index in [0.717, 1.165) is 5.56 Å². The molecule has 2 aliphatic rings. The number of benzene rings is 1. The van der Waals surface area contributed by atoms with E-state index in [4.69, 9.17) is 11.6 Å². The average Bonchev–Trinajstić information content (AvgIpc) is 2.75. The molecule has 0 bridgehead atoms. The number of likely N-dealkylation sites (N-methyl/N-ethyl adjacent to an activating group) is 1. The number of imide groups is 1. The average molecular weight is 293 g/mol. The molecule has 0 saturated carbocycles. The van der Waals surface area contributed by atoms with Crippen molar-refractivity contribution in [2.45, 2.75) is 18.8 Å². The van der Waals surface area contributed by atoms with Crippen molar-refractivity contribution in [3.8, 4) is 0 Å². The SMILES string of the molecule is CN1C(=O)NC(=O)C2C1N=C(Cl)N2Cc1ccccc1. The van der Waals surface area contributed by atoms with Gasteiger partial charge in [-0.25, -0.2) is 9.79 Å². The summed E-state index contributed by atoms with van der Waals surface area (Å²) in [5, 5.41) is 2.56. The van der Waals surface area contributed by atoms with Gasteiger partial charge >= 0.3 is 6.03 Å². The van der Waals surface area contributed by atoms with Crippen molar-refractivity contribution in [2.75, 3.05) is 7.05 Å². The minimum Gasteiger partial charge on any atom is -0.327 e. The van der Waals surface area contributed by atoms with Gasteiger partial charge in [0, 0.05) is 13.6 Å². The van der Waals surface area contributed by atoms with Crippen molar-refractivity contribution in [1.29, 1.82) is 0 Å². The number of amides is 3. The molecule has 20 heavy (non-hydrogen) atoms. The molecule has 2 aliphatic heterocycles. The summed E-state index contributed by atoms with van der Waals surface area (Å²) in [6.07, 6.45) is -0.563. The lowest BCUT2D eigenvalue weighted by molar-refractivity contribution is -0.127. The molecular weight excluding hydrogens is 280 g/mol. The standard InChI is InChI=1S/C13H13ClN4O2/c1-17-10-9(11(19)16-13(17)20)18(12(14)15-10)7-8-5-3-2-4-6-8/h2-6,9-10H,7H2,1H3,(H,16,19,20). The summed E-state index contributed by atoms with van der Waals surface area (Å²) < 4.78 is 0. The summed E-state index contributed by atoms with van der Waals surface area (Å²) in [4.78, 5) is 30.9. The van der Waals surface area contributed by atoms with Crippen LogP contribution in [-0.4, -0.2) is 46.3 Å². The molecule has 7 heteroatoms. The number of fused-ring (bicyclic) bond motifs is 1. The number of hydrogen-bond donors (Lipinski definition) is 1. The van der Waals surface area contributed by atoms with Crippen LogP contribution in [-0.2, 0) is 11.3 Å². The number of carbonyl (C=O) groups is 2. The van der Waals surface area contributed by atoms with E-state index in [2.05, 4.69) is 10.3 Å². The van der Waals surface area contributed by atoms with E-state index in [-0.39, 0.29) is 11.2 Å². The van der Waals surface area contributed by atoms with Crippen LogP contribution in [0.4, 0.5) is 4.79 Å². The van der Waals surface area contributed by atoms with Gasteiger partial charge in [0.05, 0.1) is 0 Å². The molecule has 1 aromatic carbocycles. The third-order valence-corrected chi connectivity index (χ3v) is 3.82. The minimum atomic E-state index is -0.578. The Bertz CT molecular complexity index is 589. The Labute approximate surface area is 121 Å². The van der Waals surface area contributed by atoms with Crippen molar-refractivity contribution >= 4 is 28.8 Å². The van der Waals surface area contributed by atoms with E-state index in [0.29, 0.717) is 6.54 Å². The number of aliphatic imine (C=N–C) groups is 1. The van der Waals surface area contributed by atoms with E-state index in [9.17, 15) is 9.59 Å². The second kappa shape index (κ2) is 4.79. The second-order valence-corrected chi connectivity index (χ2v) is 5.11. The van der Waals surface area contributed by atoms with Crippen molar-refractivity contribution in [3.63, 3.8) is 0 Å². The molecule has 3 amide bonds. The first-order valence-electron chi connectivity index (χ1n) is 6.19. The monoisotopic (exact) mass is 292 g/mol. The normalized spacial score (nSPS) is 25.4. The highest BCUT2D eigenvalue weighted by Gasteiger charge is 2.48. The summed E-state index contributed by atoms with van der Waals surface area (Å²) >= 11 is 6.14. The predicted octanol–water partition coefficient (Wildman–Crippen LogP) is 0.973. The molecule has 1 fully saturated rings. The van der Waals surface area contributed by atoms with Crippen LogP contribution in [0.2, 0.25) is 0 Å². The van der Waals surface area contributed by atoms with E-state index < -0.39 is 18.2 Å². The molecule has 3 rings (SSSR count). The third-order valence-electron chi connectivity index (χ3n) is 3.51. The van der Waals surface area contributed by atoms with Gasteiger partial charge in [0.25, 0.3) is 5.91 Å². The fraction of sp³-hybridized carbons (Fsp3) is 0.308. The Balaban J connectivity index is 1.88. The number of nitrogens with zero attached hydrogens (tertiary/aromatic N) is 3. The van der Waals surface area contributed by atoms with Crippen LogP contribution in [0.5, 0.6) is 0 Å². The number of amidine groups is 1. The zero-order chi connectivity index (χ0) is 14.3. The van der Waals surface area contributed by atoms with E-state index in [1.807, 2.05) is 30.3 Å². The lowest BCUT2D eigenvalue weighted by Crippen LogP contribution is -2.63. The zero-order valence-corrected chi connectivity index (χ0v) is 11.5. The molecule has 0 spiro atoms. The summed E-state index contributed by atoms with van der Waals surface area (Å²) in [5.74, 6) is -0.367. The number of carbonyl (C=O) groups excluding carboxylic acids is 2. The van der Waals surface area contributed by atoms with Crippen molar-refractivity contribution in [1.82, 2.24) is 15.1 Å². The second-order valence-electron chi connectivity index (χ2n) is 4.78. The van der Waals surface area contributed by atoms with Crippen LogP contribution in [0.3, 0.4) is 0 Å². The highest BCUT2D eigenvalue weighted by molar-refractivity contribution is 6.65. The van der Waals surface area contributed by atoms with Gasteiger partial charge in [-0.05, 0) is 17.2 Å². The number of rotatable bonds is 2. The molecule has 1 saturated heterocycles. The maximum Gasteiger partial charge on any atom is 0.325 e. The molecule has 0 aliphatic carbocycles. The molecule has 2 unspecified atom stereocenters. The number of urea groups is 1. The van der Waals surface area contributed by atoms with E-state index in [1.165, 1.54) is 4.90 Å². The molecule has 1 N–H and O–H groups in total. The molecule has 1 aromatic rings. The molecule has 104 valence electrons. The molecular formula is C13H13ClN4O2. The first-order valence-corrected chi connectivity index (χ1v) is 6.57. The topological polar surface area (TPSA) is 65.0 Å². The van der Waals surface area contributed by atoms with Gasteiger partial charge < -0.3 is 9.80 Å². The Morgan fingerprint density at radius 1 is 1.30 bits per heavy atom. The first kappa shape index (κ1) is 12.9. The maximum absolute atomic E-state index is 12.0. The third kappa shape index (κ3) is 2.02. The van der Waals surface area contributed by atoms with Gasteiger partial charge in [0.2, 0.25) is 0 Å².